The number of likely N-dealkylation sites (N-methyl/N-ethyl adjacent to an activating group) is 2. The molecule has 18 heteroatoms. The number of hydrogen-bond donors (Lipinski definition) is 4. The Bertz CT molecular complexity index is 2990. The standard InChI is InChI=1S/C59H76N10O8/c1-12-59(7,8)69-34-41(42-21-16-17-22-47(42)69)32-46-56(75)67(10)49(27-35(2)3)53(72)62-45(31-39-24-25-43-40(29-39)33-60-58(65-43)77-11)51(70)61-37(6)55(74)66(9)48-23-18-26-68(57(48)76)50(28-36(4)5)54(73)63-44(52(71)64-46)30-38-19-14-13-15-20-38/h12-17,19-22,24-25,29,33-37,44-46,48-50H,1,18,23,26-28,30-32H2,2-11H3,(H,61,70)(H,62,72)(H,63,73)(H,64,71)/t37-,44-,45-,46-,48-,49-,50-/m0/s1. The number of aromatic nitrogens is 3. The van der Waals surface area contributed by atoms with Crippen LogP contribution in [0, 0.1) is 11.8 Å². The second-order valence-electron chi connectivity index (χ2n) is 22.0. The maximum atomic E-state index is 15.6. The van der Waals surface area contributed by atoms with E-state index in [1.807, 2.05) is 108 Å². The Morgan fingerprint density at radius 1 is 0.714 bits per heavy atom. The lowest BCUT2D eigenvalue weighted by Gasteiger charge is -2.41. The second kappa shape index (κ2) is 24.6. The molecular weight excluding hydrogens is 977 g/mol. The predicted molar refractivity (Wildman–Crippen MR) is 295 cm³/mol. The molecular formula is C59H76N10O8. The highest BCUT2D eigenvalue weighted by atomic mass is 16.5. The summed E-state index contributed by atoms with van der Waals surface area (Å²) in [4.78, 5) is 117. The van der Waals surface area contributed by atoms with Gasteiger partial charge in [-0.15, -0.1) is 6.58 Å². The average Bonchev–Trinajstić information content (AvgIpc) is 3.80. The number of methoxy groups -OCH3 is 1. The molecule has 0 spiro atoms. The monoisotopic (exact) mass is 1050 g/mol. The maximum Gasteiger partial charge on any atom is 0.316 e. The largest absolute Gasteiger partial charge is 0.467 e. The summed E-state index contributed by atoms with van der Waals surface area (Å²) >= 11 is 0. The van der Waals surface area contributed by atoms with Gasteiger partial charge in [-0.1, -0.05) is 88.4 Å². The molecule has 18 nitrogen and oxygen atoms in total. The molecule has 410 valence electrons. The maximum absolute atomic E-state index is 15.6. The highest BCUT2D eigenvalue weighted by Crippen LogP contribution is 2.30. The predicted octanol–water partition coefficient (Wildman–Crippen LogP) is 5.25. The lowest BCUT2D eigenvalue weighted by molar-refractivity contribution is -0.153. The first-order valence-corrected chi connectivity index (χ1v) is 26.7. The number of fused-ring (bicyclic) bond motifs is 4. The van der Waals surface area contributed by atoms with E-state index in [-0.39, 0.29) is 56.5 Å². The van der Waals surface area contributed by atoms with Gasteiger partial charge in [0, 0.05) is 68.6 Å². The van der Waals surface area contributed by atoms with Crippen LogP contribution in [-0.2, 0) is 58.4 Å². The van der Waals surface area contributed by atoms with Gasteiger partial charge in [0.1, 0.15) is 42.3 Å². The minimum atomic E-state index is -1.29. The summed E-state index contributed by atoms with van der Waals surface area (Å²) < 4.78 is 7.29. The number of carbonyl (C=O) groups is 7. The van der Waals surface area contributed by atoms with E-state index in [1.165, 1.54) is 42.8 Å². The molecule has 7 amide bonds. The number of allylic oxidation sites excluding steroid dienone is 1. The van der Waals surface area contributed by atoms with Gasteiger partial charge >= 0.3 is 6.01 Å². The van der Waals surface area contributed by atoms with Crippen molar-refractivity contribution in [2.75, 3.05) is 27.7 Å². The Hall–Kier alpha value is -7.63. The minimum absolute atomic E-state index is 0.0146. The van der Waals surface area contributed by atoms with Crippen molar-refractivity contribution in [1.82, 2.24) is 50.5 Å². The van der Waals surface area contributed by atoms with E-state index in [0.29, 0.717) is 29.3 Å². The molecule has 7 rings (SSSR count). The van der Waals surface area contributed by atoms with Gasteiger partial charge in [0.05, 0.1) is 18.2 Å². The van der Waals surface area contributed by atoms with E-state index in [1.54, 1.807) is 24.4 Å². The van der Waals surface area contributed by atoms with Gasteiger partial charge in [-0.05, 0) is 93.2 Å². The summed E-state index contributed by atoms with van der Waals surface area (Å²) in [6.45, 7) is 17.6. The first kappa shape index (κ1) is 57.1. The number of rotatable bonds is 13. The fourth-order valence-corrected chi connectivity index (χ4v) is 10.5. The first-order chi connectivity index (χ1) is 36.6. The lowest BCUT2D eigenvalue weighted by Crippen LogP contribution is -2.62. The molecule has 4 N–H and O–H groups in total. The topological polar surface area (TPSA) is 217 Å². The van der Waals surface area contributed by atoms with Crippen LogP contribution in [0.15, 0.2) is 97.8 Å². The van der Waals surface area contributed by atoms with Crippen LogP contribution in [0.25, 0.3) is 21.8 Å². The van der Waals surface area contributed by atoms with E-state index < -0.39 is 89.2 Å². The van der Waals surface area contributed by atoms with E-state index >= 15 is 14.4 Å². The third-order valence-electron chi connectivity index (χ3n) is 14.9. The molecule has 5 aromatic rings. The van der Waals surface area contributed by atoms with Crippen LogP contribution in [0.3, 0.4) is 0 Å². The molecule has 4 heterocycles. The third kappa shape index (κ3) is 13.3. The van der Waals surface area contributed by atoms with E-state index in [0.717, 1.165) is 22.0 Å². The third-order valence-corrected chi connectivity index (χ3v) is 14.9. The molecule has 3 aromatic carbocycles. The van der Waals surface area contributed by atoms with Gasteiger partial charge in [-0.3, -0.25) is 33.6 Å². The smallest absolute Gasteiger partial charge is 0.316 e. The van der Waals surface area contributed by atoms with Crippen molar-refractivity contribution in [3.8, 4) is 6.01 Å². The Morgan fingerprint density at radius 3 is 1.99 bits per heavy atom. The van der Waals surface area contributed by atoms with Crippen molar-refractivity contribution in [3.05, 3.63) is 115 Å². The van der Waals surface area contributed by atoms with Crippen LogP contribution >= 0.6 is 0 Å². The summed E-state index contributed by atoms with van der Waals surface area (Å²) in [7, 11) is 4.49. The first-order valence-electron chi connectivity index (χ1n) is 26.7. The number of nitrogens with zero attached hydrogens (tertiary/aromatic N) is 6. The van der Waals surface area contributed by atoms with Crippen LogP contribution in [0.1, 0.15) is 90.8 Å². The molecule has 0 saturated carbocycles. The molecule has 0 radical (unpaired) electrons. The normalized spacial score (nSPS) is 22.9. The van der Waals surface area contributed by atoms with E-state index in [9.17, 15) is 19.2 Å². The van der Waals surface area contributed by atoms with Crippen LogP contribution in [-0.4, -0.2) is 141 Å². The van der Waals surface area contributed by atoms with Gasteiger partial charge in [0.2, 0.25) is 41.4 Å². The fraction of sp³-hybridized carbons (Fsp3) is 0.475. The van der Waals surface area contributed by atoms with Crippen LogP contribution in [0.4, 0.5) is 0 Å². The van der Waals surface area contributed by atoms with Crippen molar-refractivity contribution < 1.29 is 38.3 Å². The Labute approximate surface area is 451 Å². The number of para-hydroxylation sites is 1. The summed E-state index contributed by atoms with van der Waals surface area (Å²) in [5, 5.41) is 13.4. The van der Waals surface area contributed by atoms with Crippen molar-refractivity contribution >= 4 is 63.2 Å². The average molecular weight is 1050 g/mol. The van der Waals surface area contributed by atoms with Crippen LogP contribution < -0.4 is 26.0 Å². The molecule has 2 saturated heterocycles. The van der Waals surface area contributed by atoms with Gasteiger partial charge < -0.3 is 45.3 Å². The SMILES string of the molecule is C=CC(C)(C)n1cc(C[C@@H]2NC(=O)[C@H](Cc3ccccc3)NC(=O)[C@H](CC(C)C)N3CCC[C@@H](C3=O)N(C)C(=O)[C@H](C)NC(=O)[C@H](Cc3ccc4nc(OC)ncc4c3)NC(=O)[C@H](CC(C)C)N(C)C2=O)c2ccccc21. The number of ether oxygens (including phenoxy) is 1. The van der Waals surface area contributed by atoms with Crippen molar-refractivity contribution in [1.29, 1.82) is 0 Å². The number of amides is 7. The number of benzene rings is 3. The molecule has 2 bridgehead atoms. The fourth-order valence-electron chi connectivity index (χ4n) is 10.5. The second-order valence-corrected chi connectivity index (χ2v) is 22.0. The Morgan fingerprint density at radius 2 is 1.32 bits per heavy atom. The zero-order valence-electron chi connectivity index (χ0n) is 46.2. The zero-order chi connectivity index (χ0) is 55.9. The summed E-state index contributed by atoms with van der Waals surface area (Å²) in [5.41, 5.74) is 3.03. The highest BCUT2D eigenvalue weighted by Gasteiger charge is 2.43. The molecule has 77 heavy (non-hydrogen) atoms. The Balaban J connectivity index is 1.36. The summed E-state index contributed by atoms with van der Waals surface area (Å²) in [6, 6.07) is 14.4. The highest BCUT2D eigenvalue weighted by molar-refractivity contribution is 5.99. The van der Waals surface area contributed by atoms with Crippen LogP contribution in [0.2, 0.25) is 0 Å². The van der Waals surface area contributed by atoms with Gasteiger partial charge in [0.25, 0.3) is 0 Å². The zero-order valence-corrected chi connectivity index (χ0v) is 46.2. The molecule has 0 aliphatic carbocycles. The van der Waals surface area contributed by atoms with Crippen molar-refractivity contribution in [2.24, 2.45) is 11.8 Å². The van der Waals surface area contributed by atoms with Gasteiger partial charge in [-0.2, -0.15) is 4.98 Å². The van der Waals surface area contributed by atoms with E-state index in [4.69, 9.17) is 4.74 Å². The molecule has 7 atom stereocenters. The quantitative estimate of drug-likeness (QED) is 0.112. The van der Waals surface area contributed by atoms with E-state index in [2.05, 4.69) is 42.4 Å². The number of carbonyl (C=O) groups excluding carboxylic acids is 7. The molecule has 2 aliphatic rings. The molecule has 2 fully saturated rings. The lowest BCUT2D eigenvalue weighted by atomic mass is 9.95. The molecule has 2 aliphatic heterocycles. The number of nitrogens with one attached hydrogen (secondary N) is 4. The minimum Gasteiger partial charge on any atom is -0.467 e. The van der Waals surface area contributed by atoms with Crippen molar-refractivity contribution in [3.63, 3.8) is 0 Å². The van der Waals surface area contributed by atoms with Gasteiger partial charge in [0.15, 0.2) is 0 Å². The van der Waals surface area contributed by atoms with Crippen LogP contribution in [0.5, 0.6) is 6.01 Å². The van der Waals surface area contributed by atoms with Crippen molar-refractivity contribution in [2.45, 2.75) is 141 Å². The molecule has 0 unspecified atom stereocenters. The summed E-state index contributed by atoms with van der Waals surface area (Å²) in [5.74, 6) is -4.32. The summed E-state index contributed by atoms with van der Waals surface area (Å²) in [6.07, 6.45) is 6.57. The number of hydrogen-bond acceptors (Lipinski definition) is 10. The Kier molecular flexibility index (Phi) is 18.2. The molecule has 2 aromatic heterocycles. The van der Waals surface area contributed by atoms with Gasteiger partial charge in [-0.25, -0.2) is 4.98 Å². The number of piperidine rings is 1.